The summed E-state index contributed by atoms with van der Waals surface area (Å²) < 4.78 is 15.7. The number of halogens is 2. The highest BCUT2D eigenvalue weighted by Crippen LogP contribution is 2.18. The average molecular weight is 437 g/mol. The lowest BCUT2D eigenvalue weighted by Crippen LogP contribution is -3.00. The van der Waals surface area contributed by atoms with Crippen molar-refractivity contribution in [3.8, 4) is 5.69 Å². The molecule has 0 aliphatic carbocycles. The molecule has 0 bridgehead atoms. The maximum Gasteiger partial charge on any atom is 0.304 e. The highest BCUT2D eigenvalue weighted by atomic mass is 79.9. The molecule has 136 valence electrons. The van der Waals surface area contributed by atoms with Gasteiger partial charge in [-0.2, -0.15) is 0 Å². The van der Waals surface area contributed by atoms with Crippen molar-refractivity contribution in [3.05, 3.63) is 70.5 Å². The van der Waals surface area contributed by atoms with Gasteiger partial charge in [-0.25, -0.2) is 9.37 Å². The zero-order chi connectivity index (χ0) is 17.8. The van der Waals surface area contributed by atoms with Gasteiger partial charge in [-0.15, -0.1) is 0 Å². The summed E-state index contributed by atoms with van der Waals surface area (Å²) in [7, 11) is 3.60. The Bertz CT molecular complexity index is 1010. The summed E-state index contributed by atoms with van der Waals surface area (Å²) in [6.07, 6.45) is 0. The fraction of sp³-hybridized carbons (Fsp3) is 0.167. The lowest BCUT2D eigenvalue weighted by Gasteiger charge is -2.13. The Kier molecular flexibility index (Phi) is 6.93. The molecule has 2 aromatic carbocycles. The van der Waals surface area contributed by atoms with Gasteiger partial charge in [0.2, 0.25) is 0 Å². The van der Waals surface area contributed by atoms with Crippen LogP contribution < -0.4 is 32.8 Å². The Morgan fingerprint density at radius 3 is 2.62 bits per heavy atom. The van der Waals surface area contributed by atoms with Gasteiger partial charge in [0.1, 0.15) is 11.6 Å². The molecule has 8 heteroatoms. The number of thioether (sulfide) groups is 1. The van der Waals surface area contributed by atoms with Crippen LogP contribution in [0.2, 0.25) is 0 Å². The maximum atomic E-state index is 14.3. The molecule has 0 spiro atoms. The first-order valence-electron chi connectivity index (χ1n) is 7.76. The molecule has 0 saturated carbocycles. The highest BCUT2D eigenvalue weighted by Gasteiger charge is 2.16. The molecule has 3 aromatic rings. The largest absolute Gasteiger partial charge is 1.00 e. The van der Waals surface area contributed by atoms with Gasteiger partial charge >= 0.3 is 5.17 Å². The van der Waals surface area contributed by atoms with E-state index in [-0.39, 0.29) is 28.2 Å². The molecule has 3 rings (SSSR count). The third-order valence-corrected chi connectivity index (χ3v) is 4.84. The highest BCUT2D eigenvalue weighted by molar-refractivity contribution is 8.12. The molecule has 0 saturated heterocycles. The predicted molar refractivity (Wildman–Crippen MR) is 99.5 cm³/mol. The van der Waals surface area contributed by atoms with Crippen LogP contribution in [0.3, 0.4) is 0 Å². The fourth-order valence-corrected chi connectivity index (χ4v) is 3.32. The van der Waals surface area contributed by atoms with Crippen LogP contribution in [0.25, 0.3) is 16.6 Å². The van der Waals surface area contributed by atoms with Crippen LogP contribution in [0.15, 0.2) is 53.3 Å². The van der Waals surface area contributed by atoms with Crippen LogP contribution in [-0.2, 0) is 5.75 Å². The monoisotopic (exact) mass is 436 g/mol. The van der Waals surface area contributed by atoms with Gasteiger partial charge in [0.05, 0.1) is 36.4 Å². The van der Waals surface area contributed by atoms with E-state index in [9.17, 15) is 9.18 Å². The smallest absolute Gasteiger partial charge is 0.304 e. The Balaban J connectivity index is 0.00000243. The van der Waals surface area contributed by atoms with E-state index in [4.69, 9.17) is 0 Å². The zero-order valence-corrected chi connectivity index (χ0v) is 16.7. The molecule has 0 aliphatic heterocycles. The molecular formula is C18H18BrFN4OS. The summed E-state index contributed by atoms with van der Waals surface area (Å²) in [4.78, 5) is 20.6. The predicted octanol–water partition coefficient (Wildman–Crippen LogP) is -1.95. The number of aromatic nitrogens is 2. The molecule has 5 nitrogen and oxygen atoms in total. The van der Waals surface area contributed by atoms with E-state index in [0.29, 0.717) is 22.5 Å². The van der Waals surface area contributed by atoms with E-state index in [1.165, 1.54) is 22.4 Å². The summed E-state index contributed by atoms with van der Waals surface area (Å²) >= 11 is 1.46. The molecule has 1 heterocycles. The Morgan fingerprint density at radius 2 is 1.92 bits per heavy atom. The summed E-state index contributed by atoms with van der Waals surface area (Å²) in [5.74, 6) is 0.437. The molecule has 0 unspecified atom stereocenters. The Hall–Kier alpha value is -2.19. The van der Waals surface area contributed by atoms with E-state index < -0.39 is 5.82 Å². The first-order valence-corrected chi connectivity index (χ1v) is 8.75. The second-order valence-corrected chi connectivity index (χ2v) is 6.24. The van der Waals surface area contributed by atoms with Crippen LogP contribution in [-0.4, -0.2) is 28.8 Å². The van der Waals surface area contributed by atoms with Crippen LogP contribution in [0.4, 0.5) is 4.39 Å². The fourth-order valence-electron chi connectivity index (χ4n) is 2.56. The third kappa shape index (κ3) is 3.96. The number of nitrogens with zero attached hydrogens (tertiary/aromatic N) is 2. The molecule has 0 atom stereocenters. The second kappa shape index (κ2) is 8.95. The van der Waals surface area contributed by atoms with Crippen LogP contribution in [0.5, 0.6) is 0 Å². The number of para-hydroxylation sites is 2. The topological polar surface area (TPSA) is 60.9 Å². The molecule has 26 heavy (non-hydrogen) atoms. The average Bonchev–Trinajstić information content (AvgIpc) is 2.64. The van der Waals surface area contributed by atoms with E-state index in [1.807, 2.05) is 6.07 Å². The standard InChI is InChI=1S/C18H17FN4OS.BrH/c1-20-18(21-2)25-11-16-22-14-9-5-3-7-12(14)17(24)23(16)15-10-6-4-8-13(15)19;/h3-10H,11H2,1-2H3,(H,20,21);1H. The lowest BCUT2D eigenvalue weighted by molar-refractivity contribution is -0.418. The normalized spacial score (nSPS) is 11.3. The minimum atomic E-state index is -0.459. The van der Waals surface area contributed by atoms with Gasteiger partial charge in [-0.3, -0.25) is 19.7 Å². The molecular weight excluding hydrogens is 419 g/mol. The summed E-state index contributed by atoms with van der Waals surface area (Å²) in [5.41, 5.74) is 0.532. The van der Waals surface area contributed by atoms with Gasteiger partial charge in [-0.05, 0) is 36.0 Å². The van der Waals surface area contributed by atoms with Crippen molar-refractivity contribution < 1.29 is 26.4 Å². The summed E-state index contributed by atoms with van der Waals surface area (Å²) in [6.45, 7) is 0. The first-order chi connectivity index (χ1) is 12.2. The zero-order valence-electron chi connectivity index (χ0n) is 14.3. The van der Waals surface area contributed by atoms with Gasteiger partial charge in [0, 0.05) is 0 Å². The molecule has 0 fully saturated rings. The molecule has 2 N–H and O–H groups in total. The van der Waals surface area contributed by atoms with Crippen LogP contribution >= 0.6 is 11.8 Å². The van der Waals surface area contributed by atoms with Gasteiger partial charge in [0.15, 0.2) is 0 Å². The summed E-state index contributed by atoms with van der Waals surface area (Å²) in [5, 5.41) is 4.32. The van der Waals surface area contributed by atoms with Crippen molar-refractivity contribution in [1.29, 1.82) is 0 Å². The number of fused-ring (bicyclic) bond motifs is 1. The Labute approximate surface area is 165 Å². The molecule has 0 aliphatic rings. The van der Waals surface area contributed by atoms with Crippen molar-refractivity contribution >= 4 is 27.8 Å². The maximum absolute atomic E-state index is 14.3. The molecule has 0 amide bonds. The van der Waals surface area contributed by atoms with Crippen molar-refractivity contribution in [2.24, 2.45) is 0 Å². The van der Waals surface area contributed by atoms with Crippen molar-refractivity contribution in [2.75, 3.05) is 14.1 Å². The lowest BCUT2D eigenvalue weighted by atomic mass is 10.2. The second-order valence-electron chi connectivity index (χ2n) is 5.25. The van der Waals surface area contributed by atoms with Crippen molar-refractivity contribution in [3.63, 3.8) is 0 Å². The first kappa shape index (κ1) is 20.1. The molecule has 0 radical (unpaired) electrons. The van der Waals surface area contributed by atoms with Gasteiger partial charge in [0.25, 0.3) is 5.56 Å². The number of amidine groups is 1. The minimum Gasteiger partial charge on any atom is -1.00 e. The van der Waals surface area contributed by atoms with Crippen molar-refractivity contribution in [2.45, 2.75) is 5.75 Å². The van der Waals surface area contributed by atoms with E-state index in [1.54, 1.807) is 50.5 Å². The van der Waals surface area contributed by atoms with Gasteiger partial charge < -0.3 is 17.0 Å². The van der Waals surface area contributed by atoms with Gasteiger partial charge in [-0.1, -0.05) is 24.3 Å². The number of rotatable bonds is 3. The quantitative estimate of drug-likeness (QED) is 0.370. The SMILES string of the molecule is CNC(=[NH+]C)SCc1nc2ccccc2c(=O)n1-c1ccccc1F.[Br-]. The van der Waals surface area contributed by atoms with Crippen LogP contribution in [0.1, 0.15) is 5.82 Å². The molecule has 1 aromatic heterocycles. The van der Waals surface area contributed by atoms with Crippen LogP contribution in [0, 0.1) is 5.82 Å². The summed E-state index contributed by atoms with van der Waals surface area (Å²) in [6, 6.07) is 13.3. The third-order valence-electron chi connectivity index (χ3n) is 3.74. The number of benzene rings is 2. The van der Waals surface area contributed by atoms with E-state index in [0.717, 1.165) is 5.17 Å². The van der Waals surface area contributed by atoms with Crippen molar-refractivity contribution in [1.82, 2.24) is 14.9 Å². The number of nitrogens with one attached hydrogen (secondary N) is 2. The van der Waals surface area contributed by atoms with E-state index >= 15 is 0 Å². The van der Waals surface area contributed by atoms with E-state index in [2.05, 4.69) is 15.3 Å². The number of hydrogen-bond acceptors (Lipinski definition) is 3. The Morgan fingerprint density at radius 1 is 1.23 bits per heavy atom. The minimum absolute atomic E-state index is 0. The number of hydrogen-bond donors (Lipinski definition) is 2.